The van der Waals surface area contributed by atoms with Crippen LogP contribution in [0.25, 0.3) is 0 Å². The number of ether oxygens (including phenoxy) is 1. The molecular weight excluding hydrogens is 315 g/mol. The molecule has 0 radical (unpaired) electrons. The van der Waals surface area contributed by atoms with E-state index in [1.165, 1.54) is 6.07 Å². The molecule has 0 aliphatic rings. The predicted octanol–water partition coefficient (Wildman–Crippen LogP) is 4.76. The fourth-order valence-electron chi connectivity index (χ4n) is 1.62. The first-order valence-electron chi connectivity index (χ1n) is 5.43. The highest BCUT2D eigenvalue weighted by molar-refractivity contribution is 9.10. The summed E-state index contributed by atoms with van der Waals surface area (Å²) in [4.78, 5) is 0.734. The van der Waals surface area contributed by atoms with E-state index in [2.05, 4.69) is 28.6 Å². The largest absolute Gasteiger partial charge is 0.486 e. The van der Waals surface area contributed by atoms with Crippen molar-refractivity contribution >= 4 is 28.6 Å². The third-order valence-electron chi connectivity index (χ3n) is 2.50. The van der Waals surface area contributed by atoms with Crippen LogP contribution in [-0.2, 0) is 6.61 Å². The summed E-state index contributed by atoms with van der Waals surface area (Å²) in [6, 6.07) is 10.4. The molecule has 18 heavy (non-hydrogen) atoms. The van der Waals surface area contributed by atoms with Crippen molar-refractivity contribution in [2.24, 2.45) is 0 Å². The van der Waals surface area contributed by atoms with E-state index in [-0.39, 0.29) is 12.4 Å². The Kier molecular flexibility index (Phi) is 4.30. The van der Waals surface area contributed by atoms with Gasteiger partial charge < -0.3 is 4.74 Å². The van der Waals surface area contributed by atoms with Crippen molar-refractivity contribution < 1.29 is 9.13 Å². The molecule has 1 nitrogen and oxygen atoms in total. The van der Waals surface area contributed by atoms with Gasteiger partial charge in [0.05, 0.1) is 4.47 Å². The van der Waals surface area contributed by atoms with Gasteiger partial charge in [-0.25, -0.2) is 4.39 Å². The molecule has 0 saturated carbocycles. The highest BCUT2D eigenvalue weighted by atomic mass is 79.9. The molecule has 4 heteroatoms. The van der Waals surface area contributed by atoms with Crippen molar-refractivity contribution in [3.63, 3.8) is 0 Å². The highest BCUT2D eigenvalue weighted by Gasteiger charge is 2.08. The van der Waals surface area contributed by atoms with Gasteiger partial charge >= 0.3 is 0 Å². The number of rotatable bonds is 3. The van der Waals surface area contributed by atoms with Crippen LogP contribution >= 0.6 is 28.6 Å². The second kappa shape index (κ2) is 5.76. The van der Waals surface area contributed by atoms with Gasteiger partial charge in [-0.1, -0.05) is 18.2 Å². The predicted molar refractivity (Wildman–Crippen MR) is 76.9 cm³/mol. The van der Waals surface area contributed by atoms with Crippen molar-refractivity contribution in [3.8, 4) is 5.75 Å². The van der Waals surface area contributed by atoms with Crippen LogP contribution in [0.15, 0.2) is 45.8 Å². The lowest BCUT2D eigenvalue weighted by Crippen LogP contribution is -1.99. The van der Waals surface area contributed by atoms with E-state index < -0.39 is 0 Å². The SMILES string of the molecule is Cc1cc(S)c(OCc2ccccc2F)c(Br)c1. The minimum Gasteiger partial charge on any atom is -0.486 e. The second-order valence-corrected chi connectivity index (χ2v) is 5.31. The molecule has 0 bridgehead atoms. The molecule has 2 aromatic carbocycles. The molecule has 0 spiro atoms. The molecule has 0 aliphatic heterocycles. The summed E-state index contributed by atoms with van der Waals surface area (Å²) in [5.41, 5.74) is 1.61. The van der Waals surface area contributed by atoms with Crippen LogP contribution in [0.5, 0.6) is 5.75 Å². The minimum absolute atomic E-state index is 0.182. The van der Waals surface area contributed by atoms with E-state index in [0.29, 0.717) is 11.3 Å². The number of halogens is 2. The number of hydrogen-bond acceptors (Lipinski definition) is 2. The molecule has 0 amide bonds. The Bertz CT molecular complexity index is 548. The van der Waals surface area contributed by atoms with Crippen molar-refractivity contribution in [1.29, 1.82) is 0 Å². The maximum Gasteiger partial charge on any atom is 0.147 e. The van der Waals surface area contributed by atoms with Crippen LogP contribution < -0.4 is 4.74 Å². The lowest BCUT2D eigenvalue weighted by Gasteiger charge is -2.12. The van der Waals surface area contributed by atoms with Gasteiger partial charge in [0.1, 0.15) is 18.2 Å². The second-order valence-electron chi connectivity index (χ2n) is 3.98. The molecule has 0 heterocycles. The zero-order valence-corrected chi connectivity index (χ0v) is 12.3. The molecular formula is C14H12BrFOS. The molecule has 2 aromatic rings. The van der Waals surface area contributed by atoms with Crippen LogP contribution in [0.3, 0.4) is 0 Å². The lowest BCUT2D eigenvalue weighted by atomic mass is 10.2. The molecule has 0 aliphatic carbocycles. The standard InChI is InChI=1S/C14H12BrFOS/c1-9-6-11(15)14(13(18)7-9)17-8-10-4-2-3-5-12(10)16/h2-7,18H,8H2,1H3. The van der Waals surface area contributed by atoms with Gasteiger partial charge in [0, 0.05) is 10.5 Å². The van der Waals surface area contributed by atoms with Gasteiger partial charge in [-0.05, 0) is 46.6 Å². The van der Waals surface area contributed by atoms with E-state index >= 15 is 0 Å². The fourth-order valence-corrected chi connectivity index (χ4v) is 2.85. The van der Waals surface area contributed by atoms with Crippen molar-refractivity contribution in [2.45, 2.75) is 18.4 Å². The third-order valence-corrected chi connectivity index (χ3v) is 3.42. The Hall–Kier alpha value is -1.00. The molecule has 0 aromatic heterocycles. The summed E-state index contributed by atoms with van der Waals surface area (Å²) in [7, 11) is 0. The summed E-state index contributed by atoms with van der Waals surface area (Å²) in [5, 5.41) is 0. The first-order chi connectivity index (χ1) is 8.58. The molecule has 0 saturated heterocycles. The maximum absolute atomic E-state index is 13.4. The average molecular weight is 327 g/mol. The Morgan fingerprint density at radius 1 is 1.28 bits per heavy atom. The molecule has 0 N–H and O–H groups in total. The number of hydrogen-bond donors (Lipinski definition) is 1. The van der Waals surface area contributed by atoms with E-state index in [0.717, 1.165) is 14.9 Å². The summed E-state index contributed by atoms with van der Waals surface area (Å²) in [5.74, 6) is 0.369. The van der Waals surface area contributed by atoms with Crippen LogP contribution in [0, 0.1) is 12.7 Å². The normalized spacial score (nSPS) is 10.4. The Labute approximate surface area is 120 Å². The van der Waals surface area contributed by atoms with E-state index in [1.807, 2.05) is 19.1 Å². The molecule has 0 atom stereocenters. The first kappa shape index (κ1) is 13.4. The Balaban J connectivity index is 2.19. The summed E-state index contributed by atoms with van der Waals surface area (Å²) >= 11 is 7.78. The van der Waals surface area contributed by atoms with Crippen LogP contribution in [-0.4, -0.2) is 0 Å². The van der Waals surface area contributed by atoms with Crippen molar-refractivity contribution in [1.82, 2.24) is 0 Å². The van der Waals surface area contributed by atoms with Crippen molar-refractivity contribution in [3.05, 3.63) is 57.8 Å². The fraction of sp³-hybridized carbons (Fsp3) is 0.143. The van der Waals surface area contributed by atoms with Gasteiger partial charge in [-0.3, -0.25) is 0 Å². The van der Waals surface area contributed by atoms with Crippen LogP contribution in [0.1, 0.15) is 11.1 Å². The van der Waals surface area contributed by atoms with Gasteiger partial charge in [0.15, 0.2) is 0 Å². The summed E-state index contributed by atoms with van der Waals surface area (Å²) in [6.45, 7) is 2.16. The van der Waals surface area contributed by atoms with Crippen LogP contribution in [0.2, 0.25) is 0 Å². The lowest BCUT2D eigenvalue weighted by molar-refractivity contribution is 0.291. The third kappa shape index (κ3) is 3.06. The first-order valence-corrected chi connectivity index (χ1v) is 6.67. The topological polar surface area (TPSA) is 9.23 Å². The average Bonchev–Trinajstić information content (AvgIpc) is 2.30. The van der Waals surface area contributed by atoms with Crippen LogP contribution in [0.4, 0.5) is 4.39 Å². The summed E-state index contributed by atoms with van der Waals surface area (Å²) in [6.07, 6.45) is 0. The van der Waals surface area contributed by atoms with E-state index in [9.17, 15) is 4.39 Å². The molecule has 0 unspecified atom stereocenters. The van der Waals surface area contributed by atoms with Gasteiger partial charge in [0.25, 0.3) is 0 Å². The zero-order valence-electron chi connectivity index (χ0n) is 9.78. The minimum atomic E-state index is -0.263. The summed E-state index contributed by atoms with van der Waals surface area (Å²) < 4.78 is 19.9. The zero-order chi connectivity index (χ0) is 13.1. The Morgan fingerprint density at radius 3 is 2.67 bits per heavy atom. The number of benzene rings is 2. The monoisotopic (exact) mass is 326 g/mol. The van der Waals surface area contributed by atoms with E-state index in [1.54, 1.807) is 18.2 Å². The number of aryl methyl sites for hydroxylation is 1. The molecule has 2 rings (SSSR count). The number of thiol groups is 1. The maximum atomic E-state index is 13.4. The van der Waals surface area contributed by atoms with Crippen molar-refractivity contribution in [2.75, 3.05) is 0 Å². The Morgan fingerprint density at radius 2 is 2.00 bits per heavy atom. The van der Waals surface area contributed by atoms with Gasteiger partial charge in [0.2, 0.25) is 0 Å². The molecule has 0 fully saturated rings. The van der Waals surface area contributed by atoms with Gasteiger partial charge in [-0.2, -0.15) is 0 Å². The van der Waals surface area contributed by atoms with E-state index in [4.69, 9.17) is 4.74 Å². The van der Waals surface area contributed by atoms with Gasteiger partial charge in [-0.15, -0.1) is 12.6 Å². The molecule has 94 valence electrons. The smallest absolute Gasteiger partial charge is 0.147 e. The quantitative estimate of drug-likeness (QED) is 0.800. The highest BCUT2D eigenvalue weighted by Crippen LogP contribution is 2.33.